The van der Waals surface area contributed by atoms with Crippen LogP contribution in [-0.2, 0) is 11.3 Å². The molecule has 0 saturated heterocycles. The Morgan fingerprint density at radius 3 is 2.54 bits per heavy atom. The minimum absolute atomic E-state index is 0.0185. The van der Waals surface area contributed by atoms with E-state index in [2.05, 4.69) is 20.4 Å². The lowest BCUT2D eigenvalue weighted by Crippen LogP contribution is -2.48. The topological polar surface area (TPSA) is 75.2 Å². The van der Waals surface area contributed by atoms with Gasteiger partial charge >= 0.3 is 12.7 Å². The standard InChI is InChI=1S/C19H28F2N4O3/c1-4-27-19(26)24-16(14-7-8-14)11-23-18(22-2)25(3)12-13-5-9-15(10-6-13)28-17(20)21/h5-6,9-10,14,16-17H,4,7-8,11-12H2,1-3H3,(H,22,23)(H,24,26). The van der Waals surface area contributed by atoms with Crippen molar-refractivity contribution in [2.24, 2.45) is 10.9 Å². The van der Waals surface area contributed by atoms with Gasteiger partial charge in [-0.25, -0.2) is 4.79 Å². The fourth-order valence-electron chi connectivity index (χ4n) is 2.87. The largest absolute Gasteiger partial charge is 0.450 e. The van der Waals surface area contributed by atoms with E-state index >= 15 is 0 Å². The van der Waals surface area contributed by atoms with Gasteiger partial charge in [-0.3, -0.25) is 4.99 Å². The fraction of sp³-hybridized carbons (Fsp3) is 0.579. The summed E-state index contributed by atoms with van der Waals surface area (Å²) in [5, 5.41) is 6.17. The lowest BCUT2D eigenvalue weighted by atomic mass is 10.2. The molecule has 1 aliphatic carbocycles. The van der Waals surface area contributed by atoms with Gasteiger partial charge in [0, 0.05) is 27.2 Å². The highest BCUT2D eigenvalue weighted by atomic mass is 19.3. The van der Waals surface area contributed by atoms with Crippen LogP contribution in [0.15, 0.2) is 29.3 Å². The van der Waals surface area contributed by atoms with Crippen LogP contribution in [0.2, 0.25) is 0 Å². The molecule has 0 radical (unpaired) electrons. The van der Waals surface area contributed by atoms with Gasteiger partial charge in [-0.2, -0.15) is 8.78 Å². The number of halogens is 2. The molecule has 0 aliphatic heterocycles. The third kappa shape index (κ3) is 7.21. The summed E-state index contributed by atoms with van der Waals surface area (Å²) in [7, 11) is 3.56. The van der Waals surface area contributed by atoms with Crippen molar-refractivity contribution in [2.75, 3.05) is 27.2 Å². The van der Waals surface area contributed by atoms with Gasteiger partial charge < -0.3 is 25.0 Å². The molecule has 1 atom stereocenters. The molecule has 2 rings (SSSR count). The van der Waals surface area contributed by atoms with Crippen LogP contribution in [0.4, 0.5) is 13.6 Å². The molecular weight excluding hydrogens is 370 g/mol. The van der Waals surface area contributed by atoms with Crippen LogP contribution in [0.5, 0.6) is 5.75 Å². The van der Waals surface area contributed by atoms with Crippen molar-refractivity contribution in [3.8, 4) is 5.75 Å². The van der Waals surface area contributed by atoms with E-state index in [9.17, 15) is 13.6 Å². The van der Waals surface area contributed by atoms with Crippen LogP contribution < -0.4 is 15.4 Å². The van der Waals surface area contributed by atoms with Gasteiger partial charge in [-0.1, -0.05) is 12.1 Å². The number of carbonyl (C=O) groups excluding carboxylic acids is 1. The van der Waals surface area contributed by atoms with Crippen LogP contribution in [0.25, 0.3) is 0 Å². The highest BCUT2D eigenvalue weighted by Gasteiger charge is 2.32. The zero-order valence-electron chi connectivity index (χ0n) is 16.5. The predicted octanol–water partition coefficient (Wildman–Crippen LogP) is 2.82. The summed E-state index contributed by atoms with van der Waals surface area (Å²) in [6.45, 7) is 0.351. The Morgan fingerprint density at radius 2 is 2.00 bits per heavy atom. The molecule has 1 amide bonds. The Hall–Kier alpha value is -2.58. The fourth-order valence-corrected chi connectivity index (χ4v) is 2.87. The summed E-state index contributed by atoms with van der Waals surface area (Å²) in [5.41, 5.74) is 0.926. The molecule has 2 N–H and O–H groups in total. The molecule has 0 aromatic heterocycles. The number of amides is 1. The zero-order valence-corrected chi connectivity index (χ0v) is 16.5. The molecule has 1 aliphatic rings. The van der Waals surface area contributed by atoms with Crippen LogP contribution in [0, 0.1) is 5.92 Å². The number of guanidine groups is 1. The van der Waals surface area contributed by atoms with Gasteiger partial charge in [0.2, 0.25) is 0 Å². The molecular formula is C19H28F2N4O3. The number of hydrogen-bond acceptors (Lipinski definition) is 4. The number of carbonyl (C=O) groups is 1. The minimum Gasteiger partial charge on any atom is -0.450 e. The van der Waals surface area contributed by atoms with Gasteiger partial charge in [0.15, 0.2) is 5.96 Å². The smallest absolute Gasteiger partial charge is 0.407 e. The van der Waals surface area contributed by atoms with Gasteiger partial charge in [-0.15, -0.1) is 0 Å². The van der Waals surface area contributed by atoms with Crippen LogP contribution in [-0.4, -0.2) is 56.9 Å². The number of ether oxygens (including phenoxy) is 2. The second-order valence-corrected chi connectivity index (χ2v) is 6.62. The summed E-state index contributed by atoms with van der Waals surface area (Å²) < 4.78 is 33.8. The summed E-state index contributed by atoms with van der Waals surface area (Å²) in [5.74, 6) is 1.24. The van der Waals surface area contributed by atoms with E-state index in [1.807, 2.05) is 11.9 Å². The monoisotopic (exact) mass is 398 g/mol. The minimum atomic E-state index is -2.83. The highest BCUT2D eigenvalue weighted by molar-refractivity contribution is 5.79. The van der Waals surface area contributed by atoms with Gasteiger partial charge in [0.05, 0.1) is 12.6 Å². The van der Waals surface area contributed by atoms with E-state index in [0.717, 1.165) is 18.4 Å². The predicted molar refractivity (Wildman–Crippen MR) is 103 cm³/mol. The first-order valence-electron chi connectivity index (χ1n) is 9.31. The van der Waals surface area contributed by atoms with Crippen molar-refractivity contribution in [1.29, 1.82) is 0 Å². The number of alkyl carbamates (subject to hydrolysis) is 1. The normalized spacial score (nSPS) is 15.1. The molecule has 1 unspecified atom stereocenters. The molecule has 156 valence electrons. The Morgan fingerprint density at radius 1 is 1.32 bits per heavy atom. The average molecular weight is 398 g/mol. The third-order valence-electron chi connectivity index (χ3n) is 4.39. The number of aliphatic imine (C=N–C) groups is 1. The van der Waals surface area contributed by atoms with Crippen LogP contribution in [0.1, 0.15) is 25.3 Å². The quantitative estimate of drug-likeness (QED) is 0.494. The second kappa shape index (κ2) is 10.7. The number of rotatable bonds is 9. The van der Waals surface area contributed by atoms with E-state index in [-0.39, 0.29) is 11.8 Å². The van der Waals surface area contributed by atoms with E-state index < -0.39 is 12.7 Å². The third-order valence-corrected chi connectivity index (χ3v) is 4.39. The molecule has 7 nitrogen and oxygen atoms in total. The Bertz CT molecular complexity index is 651. The second-order valence-electron chi connectivity index (χ2n) is 6.62. The van der Waals surface area contributed by atoms with Gasteiger partial charge in [-0.05, 0) is 43.4 Å². The van der Waals surface area contributed by atoms with Crippen molar-refractivity contribution in [2.45, 2.75) is 39.0 Å². The van der Waals surface area contributed by atoms with E-state index in [4.69, 9.17) is 4.74 Å². The summed E-state index contributed by atoms with van der Waals surface area (Å²) in [4.78, 5) is 17.9. The summed E-state index contributed by atoms with van der Waals surface area (Å²) in [6.07, 6.45) is 1.76. The molecule has 0 heterocycles. The zero-order chi connectivity index (χ0) is 20.5. The average Bonchev–Trinajstić information content (AvgIpc) is 3.48. The van der Waals surface area contributed by atoms with E-state index in [1.165, 1.54) is 12.1 Å². The Labute approximate surface area is 164 Å². The van der Waals surface area contributed by atoms with Crippen molar-refractivity contribution in [3.05, 3.63) is 29.8 Å². The lowest BCUT2D eigenvalue weighted by Gasteiger charge is -2.25. The number of alkyl halides is 2. The first kappa shape index (κ1) is 21.7. The molecule has 0 bridgehead atoms. The molecule has 28 heavy (non-hydrogen) atoms. The molecule has 1 aromatic carbocycles. The van der Waals surface area contributed by atoms with Gasteiger partial charge in [0.25, 0.3) is 0 Å². The first-order chi connectivity index (χ1) is 13.4. The molecule has 1 saturated carbocycles. The van der Waals surface area contributed by atoms with Crippen molar-refractivity contribution >= 4 is 12.1 Å². The Balaban J connectivity index is 1.86. The lowest BCUT2D eigenvalue weighted by molar-refractivity contribution is -0.0498. The van der Waals surface area contributed by atoms with Crippen molar-refractivity contribution < 1.29 is 23.0 Å². The van der Waals surface area contributed by atoms with Crippen LogP contribution in [0.3, 0.4) is 0 Å². The maximum Gasteiger partial charge on any atom is 0.407 e. The number of hydrogen-bond donors (Lipinski definition) is 2. The first-order valence-corrected chi connectivity index (χ1v) is 9.31. The van der Waals surface area contributed by atoms with E-state index in [0.29, 0.717) is 31.6 Å². The summed E-state index contributed by atoms with van der Waals surface area (Å²) >= 11 is 0. The van der Waals surface area contributed by atoms with Crippen molar-refractivity contribution in [1.82, 2.24) is 15.5 Å². The molecule has 1 aromatic rings. The van der Waals surface area contributed by atoms with E-state index in [1.54, 1.807) is 26.1 Å². The Kier molecular flexibility index (Phi) is 8.28. The van der Waals surface area contributed by atoms with Crippen LogP contribution >= 0.6 is 0 Å². The number of nitrogens with one attached hydrogen (secondary N) is 2. The summed E-state index contributed by atoms with van der Waals surface area (Å²) in [6, 6.07) is 6.47. The number of nitrogens with zero attached hydrogens (tertiary/aromatic N) is 2. The highest BCUT2D eigenvalue weighted by Crippen LogP contribution is 2.32. The molecule has 1 fully saturated rings. The molecule has 0 spiro atoms. The van der Waals surface area contributed by atoms with Crippen molar-refractivity contribution in [3.63, 3.8) is 0 Å². The van der Waals surface area contributed by atoms with Gasteiger partial charge in [0.1, 0.15) is 5.75 Å². The SMILES string of the molecule is CCOC(=O)NC(CNC(=NC)N(C)Cc1ccc(OC(F)F)cc1)C1CC1. The maximum atomic E-state index is 12.2. The number of benzene rings is 1. The maximum absolute atomic E-state index is 12.2. The molecule has 9 heteroatoms.